The van der Waals surface area contributed by atoms with Gasteiger partial charge < -0.3 is 4.98 Å². The predicted octanol–water partition coefficient (Wildman–Crippen LogP) is 3.09. The molecule has 176 valence electrons. The zero-order valence-corrected chi connectivity index (χ0v) is 20.2. The van der Waals surface area contributed by atoms with E-state index in [0.717, 1.165) is 34.3 Å². The number of piperazine rings is 1. The average Bonchev–Trinajstić information content (AvgIpc) is 3.26. The molecule has 3 heterocycles. The van der Waals surface area contributed by atoms with Crippen molar-refractivity contribution in [2.24, 2.45) is 7.05 Å². The summed E-state index contributed by atoms with van der Waals surface area (Å²) in [7, 11) is -1.97. The van der Waals surface area contributed by atoms with E-state index < -0.39 is 10.0 Å². The highest BCUT2D eigenvalue weighted by Gasteiger charge is 2.29. The lowest BCUT2D eigenvalue weighted by molar-refractivity contribution is 0.181. The summed E-state index contributed by atoms with van der Waals surface area (Å²) in [6.45, 7) is 2.89. The molecule has 0 amide bonds. The summed E-state index contributed by atoms with van der Waals surface area (Å²) < 4.78 is 29.1. The van der Waals surface area contributed by atoms with Gasteiger partial charge in [-0.05, 0) is 35.9 Å². The molecule has 8 nitrogen and oxygen atoms in total. The van der Waals surface area contributed by atoms with Crippen LogP contribution in [0.15, 0.2) is 70.5 Å². The number of rotatable bonds is 5. The van der Waals surface area contributed by atoms with Crippen LogP contribution in [0.25, 0.3) is 22.2 Å². The van der Waals surface area contributed by atoms with Crippen LogP contribution in [0, 0.1) is 0 Å². The highest BCUT2D eigenvalue weighted by atomic mass is 35.5. The lowest BCUT2D eigenvalue weighted by Crippen LogP contribution is -2.48. The van der Waals surface area contributed by atoms with Crippen molar-refractivity contribution in [2.75, 3.05) is 26.2 Å². The molecule has 0 spiro atoms. The van der Waals surface area contributed by atoms with E-state index in [9.17, 15) is 13.2 Å². The van der Waals surface area contributed by atoms with Crippen LogP contribution in [0.2, 0.25) is 5.02 Å². The first kappa shape index (κ1) is 22.8. The first-order chi connectivity index (χ1) is 16.3. The summed E-state index contributed by atoms with van der Waals surface area (Å²) in [6.07, 6.45) is 0. The maximum atomic E-state index is 13.1. The van der Waals surface area contributed by atoms with Gasteiger partial charge in [-0.15, -0.1) is 0 Å². The van der Waals surface area contributed by atoms with Crippen LogP contribution in [0.5, 0.6) is 0 Å². The van der Waals surface area contributed by atoms with Crippen LogP contribution in [0.4, 0.5) is 0 Å². The second-order valence-corrected chi connectivity index (χ2v) is 10.8. The van der Waals surface area contributed by atoms with E-state index in [1.165, 1.54) is 15.1 Å². The molecular weight excluding hydrogens is 474 g/mol. The number of halogens is 1. The van der Waals surface area contributed by atoms with E-state index in [-0.39, 0.29) is 10.6 Å². The van der Waals surface area contributed by atoms with Gasteiger partial charge in [0.15, 0.2) is 0 Å². The van der Waals surface area contributed by atoms with Crippen LogP contribution in [-0.4, -0.2) is 58.6 Å². The molecule has 2 aromatic carbocycles. The Morgan fingerprint density at radius 2 is 1.71 bits per heavy atom. The number of benzene rings is 2. The van der Waals surface area contributed by atoms with Crippen molar-refractivity contribution >= 4 is 32.5 Å². The lowest BCUT2D eigenvalue weighted by Gasteiger charge is -2.33. The molecule has 5 rings (SSSR count). The lowest BCUT2D eigenvalue weighted by atomic mass is 10.1. The monoisotopic (exact) mass is 497 g/mol. The summed E-state index contributed by atoms with van der Waals surface area (Å²) in [6, 6.07) is 18.2. The average molecular weight is 498 g/mol. The zero-order valence-electron chi connectivity index (χ0n) is 18.6. The number of fused-ring (bicyclic) bond motifs is 1. The van der Waals surface area contributed by atoms with Crippen molar-refractivity contribution in [1.29, 1.82) is 0 Å². The van der Waals surface area contributed by atoms with Gasteiger partial charge in [0.2, 0.25) is 0 Å². The topological polar surface area (TPSA) is 91.3 Å². The third-order valence-electron chi connectivity index (χ3n) is 6.12. The fourth-order valence-corrected chi connectivity index (χ4v) is 5.80. The van der Waals surface area contributed by atoms with Crippen molar-refractivity contribution in [3.05, 3.63) is 81.6 Å². The third-order valence-corrected chi connectivity index (χ3v) is 8.18. The molecule has 34 heavy (non-hydrogen) atoms. The maximum Gasteiger partial charge on any atom is 0.266 e. The second kappa shape index (κ2) is 8.99. The normalized spacial score (nSPS) is 15.7. The molecule has 1 aliphatic heterocycles. The van der Waals surface area contributed by atoms with Gasteiger partial charge >= 0.3 is 0 Å². The number of hydrogen-bond donors (Lipinski definition) is 1. The molecule has 0 saturated carbocycles. The van der Waals surface area contributed by atoms with E-state index in [1.54, 1.807) is 37.4 Å². The first-order valence-corrected chi connectivity index (χ1v) is 12.8. The van der Waals surface area contributed by atoms with Gasteiger partial charge in [0.05, 0.1) is 5.69 Å². The molecule has 0 radical (unpaired) electrons. The second-order valence-electron chi connectivity index (χ2n) is 8.42. The van der Waals surface area contributed by atoms with E-state index in [0.29, 0.717) is 31.2 Å². The van der Waals surface area contributed by atoms with Crippen LogP contribution in [0.3, 0.4) is 0 Å². The largest absolute Gasteiger partial charge is 0.345 e. The number of H-pyrrole nitrogens is 1. The third kappa shape index (κ3) is 4.52. The Bertz CT molecular complexity index is 1500. The summed E-state index contributed by atoms with van der Waals surface area (Å²) in [5, 5.41) is 5.83. The number of hydrogen-bond acceptors (Lipinski definition) is 5. The molecule has 0 aliphatic carbocycles. The van der Waals surface area contributed by atoms with Gasteiger partial charge in [-0.3, -0.25) is 9.69 Å². The number of aryl methyl sites for hydroxylation is 1. The summed E-state index contributed by atoms with van der Waals surface area (Å²) in [5.41, 5.74) is 3.42. The highest BCUT2D eigenvalue weighted by molar-refractivity contribution is 7.89. The van der Waals surface area contributed by atoms with Gasteiger partial charge in [0.25, 0.3) is 15.6 Å². The van der Waals surface area contributed by atoms with Crippen molar-refractivity contribution in [3.63, 3.8) is 0 Å². The van der Waals surface area contributed by atoms with Crippen molar-refractivity contribution in [2.45, 2.75) is 11.6 Å². The van der Waals surface area contributed by atoms with Crippen molar-refractivity contribution < 1.29 is 8.42 Å². The van der Waals surface area contributed by atoms with Crippen LogP contribution < -0.4 is 5.56 Å². The number of aromatic amines is 1. The van der Waals surface area contributed by atoms with Crippen LogP contribution in [-0.2, 0) is 23.6 Å². The van der Waals surface area contributed by atoms with Gasteiger partial charge in [-0.25, -0.2) is 13.1 Å². The zero-order chi connectivity index (χ0) is 23.9. The minimum Gasteiger partial charge on any atom is -0.345 e. The molecular formula is C24H24ClN5O3S. The molecule has 1 aliphatic rings. The minimum absolute atomic E-state index is 0.143. The molecule has 4 aromatic rings. The van der Waals surface area contributed by atoms with Gasteiger partial charge in [-0.1, -0.05) is 35.9 Å². The standard InChI is InChI=1S/C24H24ClN5O3S/c1-28-24(31)9-8-22(27-28)18-4-2-17(3-5-18)16-29-10-12-30(13-11-29)34(32,33)23-15-19-14-20(25)6-7-21(19)26-23/h2-9,14-15,26H,10-13,16H2,1H3. The smallest absolute Gasteiger partial charge is 0.266 e. The van der Waals surface area contributed by atoms with Crippen LogP contribution >= 0.6 is 11.6 Å². The predicted molar refractivity (Wildman–Crippen MR) is 132 cm³/mol. The Balaban J connectivity index is 1.22. The van der Waals surface area contributed by atoms with Gasteiger partial charge in [0, 0.05) is 67.3 Å². The maximum absolute atomic E-state index is 13.1. The van der Waals surface area contributed by atoms with E-state index in [2.05, 4.69) is 15.0 Å². The molecule has 0 bridgehead atoms. The van der Waals surface area contributed by atoms with E-state index in [1.807, 2.05) is 24.3 Å². The van der Waals surface area contributed by atoms with E-state index in [4.69, 9.17) is 11.6 Å². The minimum atomic E-state index is -3.60. The quantitative estimate of drug-likeness (QED) is 0.457. The van der Waals surface area contributed by atoms with Gasteiger partial charge in [0.1, 0.15) is 5.03 Å². The Morgan fingerprint density at radius 1 is 0.971 bits per heavy atom. The number of aromatic nitrogens is 3. The Labute approximate surface area is 202 Å². The summed E-state index contributed by atoms with van der Waals surface area (Å²) in [5.74, 6) is 0. The Hall–Kier alpha value is -2.98. The molecule has 1 fully saturated rings. The van der Waals surface area contributed by atoms with Crippen molar-refractivity contribution in [1.82, 2.24) is 24.0 Å². The Morgan fingerprint density at radius 3 is 2.41 bits per heavy atom. The number of sulfonamides is 1. The number of nitrogens with one attached hydrogen (secondary N) is 1. The summed E-state index contributed by atoms with van der Waals surface area (Å²) in [4.78, 5) is 16.8. The molecule has 0 unspecified atom stereocenters. The molecule has 1 N–H and O–H groups in total. The molecule has 0 atom stereocenters. The van der Waals surface area contributed by atoms with Crippen LogP contribution in [0.1, 0.15) is 5.56 Å². The van der Waals surface area contributed by atoms with E-state index >= 15 is 0 Å². The fraction of sp³-hybridized carbons (Fsp3) is 0.250. The Kier molecular flexibility index (Phi) is 6.03. The molecule has 2 aromatic heterocycles. The van der Waals surface area contributed by atoms with Gasteiger partial charge in [-0.2, -0.15) is 9.40 Å². The first-order valence-electron chi connectivity index (χ1n) is 10.9. The fourth-order valence-electron chi connectivity index (χ4n) is 4.18. The molecule has 1 saturated heterocycles. The number of nitrogens with zero attached hydrogens (tertiary/aromatic N) is 4. The highest BCUT2D eigenvalue weighted by Crippen LogP contribution is 2.25. The SMILES string of the molecule is Cn1nc(-c2ccc(CN3CCN(S(=O)(=O)c4cc5cc(Cl)ccc5[nH]4)CC3)cc2)ccc1=O. The summed E-state index contributed by atoms with van der Waals surface area (Å²) >= 11 is 6.03. The van der Waals surface area contributed by atoms with Crippen molar-refractivity contribution in [3.8, 4) is 11.3 Å². The molecule has 10 heteroatoms.